The van der Waals surface area contributed by atoms with E-state index in [0.29, 0.717) is 13.2 Å². The highest BCUT2D eigenvalue weighted by Gasteiger charge is 2.30. The topological polar surface area (TPSA) is 36.9 Å². The Labute approximate surface area is 107 Å². The van der Waals surface area contributed by atoms with Gasteiger partial charge in [-0.1, -0.05) is 6.07 Å². The summed E-state index contributed by atoms with van der Waals surface area (Å²) in [6.07, 6.45) is 1.09. The van der Waals surface area contributed by atoms with Crippen LogP contribution in [-0.2, 0) is 16.1 Å². The van der Waals surface area contributed by atoms with Crippen LogP contribution in [0.15, 0.2) is 18.2 Å². The molecular weight excluding hydrogens is 232 g/mol. The second kappa shape index (κ2) is 4.44. The Morgan fingerprint density at radius 3 is 3.00 bits per heavy atom. The second-order valence-electron chi connectivity index (χ2n) is 5.13. The Balaban J connectivity index is 1.83. The van der Waals surface area contributed by atoms with Gasteiger partial charge in [0.15, 0.2) is 0 Å². The molecule has 98 valence electrons. The van der Waals surface area contributed by atoms with Gasteiger partial charge in [-0.3, -0.25) is 0 Å². The van der Waals surface area contributed by atoms with E-state index in [9.17, 15) is 0 Å². The zero-order valence-electron chi connectivity index (χ0n) is 10.8. The van der Waals surface area contributed by atoms with Gasteiger partial charge in [0.05, 0.1) is 25.4 Å². The molecule has 0 N–H and O–H groups in total. The lowest BCUT2D eigenvalue weighted by Gasteiger charge is -2.33. The van der Waals surface area contributed by atoms with Crippen LogP contribution in [0.4, 0.5) is 0 Å². The molecule has 2 aliphatic heterocycles. The largest absolute Gasteiger partial charge is 0.487 e. The van der Waals surface area contributed by atoms with Gasteiger partial charge in [-0.25, -0.2) is 0 Å². The van der Waals surface area contributed by atoms with Gasteiger partial charge < -0.3 is 18.9 Å². The molecule has 3 rings (SSSR count). The lowest BCUT2D eigenvalue weighted by molar-refractivity contribution is -0.180. The molecule has 0 spiro atoms. The number of hydrogen-bond acceptors (Lipinski definition) is 4. The summed E-state index contributed by atoms with van der Waals surface area (Å²) in [5, 5.41) is 0. The van der Waals surface area contributed by atoms with Gasteiger partial charge in [0, 0.05) is 20.3 Å². The summed E-state index contributed by atoms with van der Waals surface area (Å²) >= 11 is 0. The smallest absolute Gasteiger partial charge is 0.205 e. The molecule has 18 heavy (non-hydrogen) atoms. The Morgan fingerprint density at radius 1 is 1.33 bits per heavy atom. The summed E-state index contributed by atoms with van der Waals surface area (Å²) in [7, 11) is 0. The van der Waals surface area contributed by atoms with Crippen LogP contribution >= 0.6 is 0 Å². The third-order valence-corrected chi connectivity index (χ3v) is 3.19. The van der Waals surface area contributed by atoms with Crippen molar-refractivity contribution in [3.8, 4) is 11.5 Å². The summed E-state index contributed by atoms with van der Waals surface area (Å²) in [6, 6.07) is 5.87. The Bertz CT molecular complexity index is 435. The third kappa shape index (κ3) is 2.31. The predicted molar refractivity (Wildman–Crippen MR) is 65.8 cm³/mol. The van der Waals surface area contributed by atoms with Gasteiger partial charge in [0.2, 0.25) is 5.79 Å². The molecule has 0 aliphatic carbocycles. The molecule has 0 saturated carbocycles. The fourth-order valence-electron chi connectivity index (χ4n) is 2.22. The standard InChI is InChI=1S/C14H18O4/c1-14(2)16-9-11-12(4-3-5-13(11)18-14)17-10-6-7-15-8-10/h3-5,10H,6-9H2,1-2H3/t10-/m1/s1. The molecule has 0 unspecified atom stereocenters. The second-order valence-corrected chi connectivity index (χ2v) is 5.13. The van der Waals surface area contributed by atoms with Gasteiger partial charge >= 0.3 is 0 Å². The van der Waals surface area contributed by atoms with Gasteiger partial charge in [0.1, 0.15) is 17.6 Å². The van der Waals surface area contributed by atoms with E-state index in [4.69, 9.17) is 18.9 Å². The van der Waals surface area contributed by atoms with Crippen molar-refractivity contribution in [2.45, 2.75) is 38.8 Å². The highest BCUT2D eigenvalue weighted by atomic mass is 16.7. The maximum absolute atomic E-state index is 5.96. The minimum Gasteiger partial charge on any atom is -0.487 e. The van der Waals surface area contributed by atoms with Crippen molar-refractivity contribution in [2.24, 2.45) is 0 Å². The van der Waals surface area contributed by atoms with Gasteiger partial charge in [-0.15, -0.1) is 0 Å². The summed E-state index contributed by atoms with van der Waals surface area (Å²) in [5.41, 5.74) is 0.990. The molecule has 0 bridgehead atoms. The van der Waals surface area contributed by atoms with Crippen molar-refractivity contribution in [3.05, 3.63) is 23.8 Å². The SMILES string of the molecule is CC1(C)OCc2c(O[C@@H]3CCOC3)cccc2O1. The van der Waals surface area contributed by atoms with E-state index in [1.165, 1.54) is 0 Å². The summed E-state index contributed by atoms with van der Waals surface area (Å²) in [6.45, 7) is 5.78. The molecule has 1 saturated heterocycles. The maximum atomic E-state index is 5.96. The number of hydrogen-bond donors (Lipinski definition) is 0. The lowest BCUT2D eigenvalue weighted by Crippen LogP contribution is -2.35. The summed E-state index contributed by atoms with van der Waals surface area (Å²) < 4.78 is 22.7. The van der Waals surface area contributed by atoms with Gasteiger partial charge in [-0.05, 0) is 12.1 Å². The average Bonchev–Trinajstić information content (AvgIpc) is 2.80. The molecule has 4 nitrogen and oxygen atoms in total. The molecule has 1 aromatic rings. The number of benzene rings is 1. The van der Waals surface area contributed by atoms with E-state index in [-0.39, 0.29) is 6.10 Å². The maximum Gasteiger partial charge on any atom is 0.205 e. The monoisotopic (exact) mass is 250 g/mol. The molecule has 1 aromatic carbocycles. The van der Waals surface area contributed by atoms with Crippen LogP contribution in [0.2, 0.25) is 0 Å². The zero-order chi connectivity index (χ0) is 12.6. The Kier molecular flexibility index (Phi) is 2.92. The van der Waals surface area contributed by atoms with Crippen LogP contribution in [0.1, 0.15) is 25.8 Å². The number of rotatable bonds is 2. The molecule has 0 amide bonds. The van der Waals surface area contributed by atoms with Gasteiger partial charge in [-0.2, -0.15) is 0 Å². The van der Waals surface area contributed by atoms with Crippen molar-refractivity contribution in [1.82, 2.24) is 0 Å². The lowest BCUT2D eigenvalue weighted by atomic mass is 10.1. The predicted octanol–water partition coefficient (Wildman–Crippen LogP) is 2.50. The normalized spacial score (nSPS) is 25.3. The van der Waals surface area contributed by atoms with Crippen molar-refractivity contribution in [2.75, 3.05) is 13.2 Å². The molecule has 1 fully saturated rings. The zero-order valence-corrected chi connectivity index (χ0v) is 10.8. The van der Waals surface area contributed by atoms with E-state index in [0.717, 1.165) is 30.1 Å². The molecule has 0 radical (unpaired) electrons. The first kappa shape index (κ1) is 11.8. The van der Waals surface area contributed by atoms with Crippen molar-refractivity contribution in [3.63, 3.8) is 0 Å². The molecule has 4 heteroatoms. The molecule has 2 aliphatic rings. The fraction of sp³-hybridized carbons (Fsp3) is 0.571. The molecule has 1 atom stereocenters. The minimum atomic E-state index is -0.567. The van der Waals surface area contributed by atoms with Crippen molar-refractivity contribution < 1.29 is 18.9 Å². The number of fused-ring (bicyclic) bond motifs is 1. The Morgan fingerprint density at radius 2 is 2.22 bits per heavy atom. The highest BCUT2D eigenvalue weighted by molar-refractivity contribution is 5.45. The fourth-order valence-corrected chi connectivity index (χ4v) is 2.22. The molecule has 2 heterocycles. The first-order valence-corrected chi connectivity index (χ1v) is 6.33. The van der Waals surface area contributed by atoms with Crippen LogP contribution in [-0.4, -0.2) is 25.1 Å². The first-order valence-electron chi connectivity index (χ1n) is 6.33. The molecule has 0 aromatic heterocycles. The van der Waals surface area contributed by atoms with Crippen molar-refractivity contribution >= 4 is 0 Å². The third-order valence-electron chi connectivity index (χ3n) is 3.19. The quantitative estimate of drug-likeness (QED) is 0.808. The van der Waals surface area contributed by atoms with E-state index in [1.54, 1.807) is 0 Å². The van der Waals surface area contributed by atoms with E-state index < -0.39 is 5.79 Å². The van der Waals surface area contributed by atoms with E-state index >= 15 is 0 Å². The van der Waals surface area contributed by atoms with Crippen LogP contribution in [0.25, 0.3) is 0 Å². The summed E-state index contributed by atoms with van der Waals surface area (Å²) in [4.78, 5) is 0. The highest BCUT2D eigenvalue weighted by Crippen LogP contribution is 2.37. The van der Waals surface area contributed by atoms with E-state index in [2.05, 4.69) is 0 Å². The Hall–Kier alpha value is -1.26. The minimum absolute atomic E-state index is 0.145. The first-order chi connectivity index (χ1) is 8.64. The van der Waals surface area contributed by atoms with Crippen LogP contribution < -0.4 is 9.47 Å². The van der Waals surface area contributed by atoms with Crippen LogP contribution in [0, 0.1) is 0 Å². The number of ether oxygens (including phenoxy) is 4. The average molecular weight is 250 g/mol. The van der Waals surface area contributed by atoms with E-state index in [1.807, 2.05) is 32.0 Å². The van der Waals surface area contributed by atoms with Crippen molar-refractivity contribution in [1.29, 1.82) is 0 Å². The van der Waals surface area contributed by atoms with Crippen LogP contribution in [0.5, 0.6) is 11.5 Å². The molecular formula is C14H18O4. The summed E-state index contributed by atoms with van der Waals surface area (Å²) in [5.74, 6) is 1.13. The van der Waals surface area contributed by atoms with Crippen LogP contribution in [0.3, 0.4) is 0 Å². The van der Waals surface area contributed by atoms with Gasteiger partial charge in [0.25, 0.3) is 0 Å².